The predicted molar refractivity (Wildman–Crippen MR) is 79.0 cm³/mol. The third-order valence-corrected chi connectivity index (χ3v) is 3.09. The molecule has 20 heavy (non-hydrogen) atoms. The van der Waals surface area contributed by atoms with Gasteiger partial charge in [0, 0.05) is 14.1 Å². The van der Waals surface area contributed by atoms with Crippen molar-refractivity contribution in [3.8, 4) is 0 Å². The van der Waals surface area contributed by atoms with Crippen LogP contribution in [0.1, 0.15) is 18.9 Å². The van der Waals surface area contributed by atoms with Gasteiger partial charge >= 0.3 is 0 Å². The van der Waals surface area contributed by atoms with Gasteiger partial charge in [0.1, 0.15) is 6.04 Å². The number of likely N-dealkylation sites (N-methyl/N-ethyl adjacent to an activating group) is 1. The van der Waals surface area contributed by atoms with Crippen molar-refractivity contribution in [1.29, 1.82) is 0 Å². The first-order valence-corrected chi connectivity index (χ1v) is 6.73. The summed E-state index contributed by atoms with van der Waals surface area (Å²) in [6.45, 7) is 1.66. The third-order valence-electron chi connectivity index (χ3n) is 3.09. The lowest BCUT2D eigenvalue weighted by Crippen LogP contribution is -2.50. The Hall–Kier alpha value is -1.88. The largest absolute Gasteiger partial charge is 0.347 e. The molecule has 0 radical (unpaired) electrons. The highest BCUT2D eigenvalue weighted by Gasteiger charge is 2.20. The Morgan fingerprint density at radius 2 is 1.85 bits per heavy atom. The summed E-state index contributed by atoms with van der Waals surface area (Å²) in [7, 11) is 3.31. The van der Waals surface area contributed by atoms with Crippen molar-refractivity contribution >= 4 is 11.8 Å². The lowest BCUT2D eigenvalue weighted by Gasteiger charge is -2.20. The quantitative estimate of drug-likeness (QED) is 0.797. The SMILES string of the molecule is CC(NC(=O)C(N)CCc1ccccc1)C(=O)N(C)C. The molecule has 0 aliphatic carbocycles. The Balaban J connectivity index is 2.41. The van der Waals surface area contributed by atoms with Gasteiger partial charge in [0.15, 0.2) is 0 Å². The van der Waals surface area contributed by atoms with Crippen molar-refractivity contribution in [1.82, 2.24) is 10.2 Å². The number of carbonyl (C=O) groups excluding carboxylic acids is 2. The summed E-state index contributed by atoms with van der Waals surface area (Å²) >= 11 is 0. The van der Waals surface area contributed by atoms with Crippen LogP contribution in [0, 0.1) is 0 Å². The molecule has 0 bridgehead atoms. The van der Waals surface area contributed by atoms with Crippen LogP contribution in [-0.2, 0) is 16.0 Å². The average Bonchev–Trinajstić information content (AvgIpc) is 2.44. The summed E-state index contributed by atoms with van der Waals surface area (Å²) in [6.07, 6.45) is 1.30. The van der Waals surface area contributed by atoms with E-state index in [0.29, 0.717) is 6.42 Å². The number of nitrogens with two attached hydrogens (primary N) is 1. The minimum Gasteiger partial charge on any atom is -0.347 e. The van der Waals surface area contributed by atoms with Crippen molar-refractivity contribution < 1.29 is 9.59 Å². The molecule has 5 heteroatoms. The molecule has 2 atom stereocenters. The zero-order valence-corrected chi connectivity index (χ0v) is 12.3. The molecule has 110 valence electrons. The number of carbonyl (C=O) groups is 2. The standard InChI is InChI=1S/C15H23N3O2/c1-11(15(20)18(2)3)17-14(19)13(16)10-9-12-7-5-4-6-8-12/h4-8,11,13H,9-10,16H2,1-3H3,(H,17,19). The van der Waals surface area contributed by atoms with Crippen LogP contribution in [0.2, 0.25) is 0 Å². The molecule has 2 unspecified atom stereocenters. The van der Waals surface area contributed by atoms with Crippen molar-refractivity contribution in [2.45, 2.75) is 31.8 Å². The Bertz CT molecular complexity index is 446. The van der Waals surface area contributed by atoms with Crippen molar-refractivity contribution in [2.24, 2.45) is 5.73 Å². The molecule has 0 aromatic heterocycles. The Labute approximate surface area is 120 Å². The van der Waals surface area contributed by atoms with Crippen LogP contribution in [0.5, 0.6) is 0 Å². The van der Waals surface area contributed by atoms with Crippen molar-refractivity contribution in [2.75, 3.05) is 14.1 Å². The van der Waals surface area contributed by atoms with Crippen LogP contribution in [0.4, 0.5) is 0 Å². The molecule has 1 aromatic carbocycles. The number of aryl methyl sites for hydroxylation is 1. The molecule has 1 aromatic rings. The summed E-state index contributed by atoms with van der Waals surface area (Å²) in [5, 5.41) is 2.64. The first kappa shape index (κ1) is 16.2. The van der Waals surface area contributed by atoms with Crippen LogP contribution >= 0.6 is 0 Å². The highest BCUT2D eigenvalue weighted by atomic mass is 16.2. The highest BCUT2D eigenvalue weighted by molar-refractivity contribution is 5.89. The van der Waals surface area contributed by atoms with Gasteiger partial charge in [-0.1, -0.05) is 30.3 Å². The number of benzene rings is 1. The first-order chi connectivity index (χ1) is 9.41. The number of hydrogen-bond acceptors (Lipinski definition) is 3. The molecule has 0 aliphatic rings. The van der Waals surface area contributed by atoms with E-state index in [-0.39, 0.29) is 11.8 Å². The average molecular weight is 277 g/mol. The van der Waals surface area contributed by atoms with Gasteiger partial charge in [0.25, 0.3) is 0 Å². The van der Waals surface area contributed by atoms with Crippen molar-refractivity contribution in [3.63, 3.8) is 0 Å². The lowest BCUT2D eigenvalue weighted by atomic mass is 10.1. The van der Waals surface area contributed by atoms with Gasteiger partial charge in [0.2, 0.25) is 11.8 Å². The molecule has 1 rings (SSSR count). The maximum Gasteiger partial charge on any atom is 0.244 e. The van der Waals surface area contributed by atoms with E-state index in [4.69, 9.17) is 5.73 Å². The van der Waals surface area contributed by atoms with Crippen LogP contribution in [-0.4, -0.2) is 42.9 Å². The number of rotatable bonds is 6. The van der Waals surface area contributed by atoms with Crippen LogP contribution < -0.4 is 11.1 Å². The highest BCUT2D eigenvalue weighted by Crippen LogP contribution is 2.04. The predicted octanol–water partition coefficient (Wildman–Crippen LogP) is 0.539. The summed E-state index contributed by atoms with van der Waals surface area (Å²) in [4.78, 5) is 25.0. The summed E-state index contributed by atoms with van der Waals surface area (Å²) in [5.74, 6) is -0.433. The van der Waals surface area contributed by atoms with E-state index in [9.17, 15) is 9.59 Å². The van der Waals surface area contributed by atoms with Crippen LogP contribution in [0.3, 0.4) is 0 Å². The van der Waals surface area contributed by atoms with Crippen LogP contribution in [0.15, 0.2) is 30.3 Å². The van der Waals surface area contributed by atoms with Crippen LogP contribution in [0.25, 0.3) is 0 Å². The lowest BCUT2D eigenvalue weighted by molar-refractivity contribution is -0.134. The molecule has 0 saturated heterocycles. The third kappa shape index (κ3) is 5.01. The fourth-order valence-corrected chi connectivity index (χ4v) is 1.87. The molecule has 0 heterocycles. The molecule has 5 nitrogen and oxygen atoms in total. The van der Waals surface area contributed by atoms with Gasteiger partial charge in [-0.2, -0.15) is 0 Å². The number of amides is 2. The van der Waals surface area contributed by atoms with Gasteiger partial charge in [-0.25, -0.2) is 0 Å². The second kappa shape index (κ2) is 7.65. The molecule has 2 amide bonds. The van der Waals surface area contributed by atoms with E-state index in [0.717, 1.165) is 12.0 Å². The fourth-order valence-electron chi connectivity index (χ4n) is 1.87. The van der Waals surface area contributed by atoms with E-state index >= 15 is 0 Å². The maximum atomic E-state index is 11.9. The summed E-state index contributed by atoms with van der Waals surface area (Å²) in [6, 6.07) is 8.71. The van der Waals surface area contributed by atoms with Gasteiger partial charge in [0.05, 0.1) is 6.04 Å². The normalized spacial score (nSPS) is 13.4. The maximum absolute atomic E-state index is 11.9. The molecular weight excluding hydrogens is 254 g/mol. The van der Waals surface area contributed by atoms with E-state index in [1.54, 1.807) is 21.0 Å². The fraction of sp³-hybridized carbons (Fsp3) is 0.467. The van der Waals surface area contributed by atoms with Gasteiger partial charge < -0.3 is 16.0 Å². The van der Waals surface area contributed by atoms with E-state index in [1.807, 2.05) is 30.3 Å². The molecule has 0 spiro atoms. The van der Waals surface area contributed by atoms with Crippen molar-refractivity contribution in [3.05, 3.63) is 35.9 Å². The molecule has 3 N–H and O–H groups in total. The molecular formula is C15H23N3O2. The Kier molecular flexibility index (Phi) is 6.18. The zero-order chi connectivity index (χ0) is 15.1. The molecule has 0 saturated carbocycles. The minimum absolute atomic E-state index is 0.145. The number of nitrogens with one attached hydrogen (secondary N) is 1. The van der Waals surface area contributed by atoms with E-state index < -0.39 is 12.1 Å². The molecule has 0 fully saturated rings. The van der Waals surface area contributed by atoms with Gasteiger partial charge in [-0.05, 0) is 25.3 Å². The Morgan fingerprint density at radius 1 is 1.25 bits per heavy atom. The Morgan fingerprint density at radius 3 is 2.40 bits per heavy atom. The summed E-state index contributed by atoms with van der Waals surface area (Å²) in [5.41, 5.74) is 7.00. The molecule has 0 aliphatic heterocycles. The zero-order valence-electron chi connectivity index (χ0n) is 12.3. The van der Waals surface area contributed by atoms with E-state index in [1.165, 1.54) is 4.90 Å². The topological polar surface area (TPSA) is 75.4 Å². The van der Waals surface area contributed by atoms with Gasteiger partial charge in [-0.3, -0.25) is 9.59 Å². The second-order valence-corrected chi connectivity index (χ2v) is 5.09. The number of hydrogen-bond donors (Lipinski definition) is 2. The monoisotopic (exact) mass is 277 g/mol. The number of nitrogens with zero attached hydrogens (tertiary/aromatic N) is 1. The first-order valence-electron chi connectivity index (χ1n) is 6.73. The summed E-state index contributed by atoms with van der Waals surface area (Å²) < 4.78 is 0. The second-order valence-electron chi connectivity index (χ2n) is 5.09. The smallest absolute Gasteiger partial charge is 0.244 e. The van der Waals surface area contributed by atoms with Gasteiger partial charge in [-0.15, -0.1) is 0 Å². The van der Waals surface area contributed by atoms with E-state index in [2.05, 4.69) is 5.32 Å². The minimum atomic E-state index is -0.604.